The second-order valence-electron chi connectivity index (χ2n) is 5.60. The number of nitrogens with one attached hydrogen (secondary N) is 1. The van der Waals surface area contributed by atoms with Gasteiger partial charge in [-0.3, -0.25) is 14.4 Å². The lowest BCUT2D eigenvalue weighted by Crippen LogP contribution is -2.28. The maximum atomic E-state index is 12.4. The van der Waals surface area contributed by atoms with Crippen LogP contribution in [-0.2, 0) is 16.1 Å². The van der Waals surface area contributed by atoms with Gasteiger partial charge in [-0.1, -0.05) is 18.2 Å². The molecule has 1 amide bonds. The van der Waals surface area contributed by atoms with Crippen LogP contribution < -0.4 is 10.9 Å². The smallest absolute Gasteiger partial charge is 0.326 e. The monoisotopic (exact) mass is 366 g/mol. The lowest BCUT2D eigenvalue weighted by atomic mass is 10.3. The van der Waals surface area contributed by atoms with Gasteiger partial charge in [0.1, 0.15) is 12.2 Å². The molecule has 8 heteroatoms. The number of aromatic nitrogens is 3. The maximum absolute atomic E-state index is 12.4. The van der Waals surface area contributed by atoms with Gasteiger partial charge in [0.15, 0.2) is 5.69 Å². The number of benzene rings is 1. The molecule has 0 aliphatic carbocycles. The summed E-state index contributed by atoms with van der Waals surface area (Å²) < 4.78 is 7.58. The molecule has 8 nitrogen and oxygen atoms in total. The van der Waals surface area contributed by atoms with Crippen LogP contribution >= 0.6 is 0 Å². The zero-order valence-corrected chi connectivity index (χ0v) is 14.7. The van der Waals surface area contributed by atoms with Crippen LogP contribution in [0.5, 0.6) is 0 Å². The van der Waals surface area contributed by atoms with E-state index in [1.165, 1.54) is 16.8 Å². The summed E-state index contributed by atoms with van der Waals surface area (Å²) in [6.45, 7) is 1.69. The number of ether oxygens (including phenoxy) is 1. The van der Waals surface area contributed by atoms with Crippen LogP contribution in [0.2, 0.25) is 0 Å². The number of para-hydroxylation sites is 1. The summed E-state index contributed by atoms with van der Waals surface area (Å²) in [5.74, 6) is -1.04. The average molecular weight is 366 g/mol. The Labute approximate surface area is 155 Å². The summed E-state index contributed by atoms with van der Waals surface area (Å²) >= 11 is 0. The van der Waals surface area contributed by atoms with E-state index in [0.29, 0.717) is 0 Å². The molecule has 3 rings (SSSR count). The van der Waals surface area contributed by atoms with Crippen molar-refractivity contribution >= 4 is 17.6 Å². The second kappa shape index (κ2) is 8.13. The van der Waals surface area contributed by atoms with Gasteiger partial charge >= 0.3 is 5.97 Å². The topological polar surface area (TPSA) is 95.2 Å². The van der Waals surface area contributed by atoms with Gasteiger partial charge in [-0.15, -0.1) is 0 Å². The van der Waals surface area contributed by atoms with E-state index in [1.807, 2.05) is 30.3 Å². The van der Waals surface area contributed by atoms with Crippen LogP contribution in [0, 0.1) is 0 Å². The fourth-order valence-corrected chi connectivity index (χ4v) is 2.46. The van der Waals surface area contributed by atoms with E-state index in [2.05, 4.69) is 10.4 Å². The number of carbonyl (C=O) groups is 2. The number of hydrogen-bond acceptors (Lipinski definition) is 5. The largest absolute Gasteiger partial charge is 0.465 e. The molecule has 0 bridgehead atoms. The highest BCUT2D eigenvalue weighted by Gasteiger charge is 2.14. The number of nitrogens with zero attached hydrogens (tertiary/aromatic N) is 3. The summed E-state index contributed by atoms with van der Waals surface area (Å²) in [4.78, 5) is 36.4. The number of esters is 1. The van der Waals surface area contributed by atoms with Gasteiger partial charge in [-0.05, 0) is 37.3 Å². The first kappa shape index (κ1) is 18.1. The fourth-order valence-electron chi connectivity index (χ4n) is 2.46. The summed E-state index contributed by atoms with van der Waals surface area (Å²) in [6.07, 6.45) is 3.12. The van der Waals surface area contributed by atoms with Gasteiger partial charge in [0.05, 0.1) is 12.3 Å². The molecule has 0 aliphatic rings. The van der Waals surface area contributed by atoms with Gasteiger partial charge in [0, 0.05) is 12.4 Å². The highest BCUT2D eigenvalue weighted by atomic mass is 16.5. The first-order valence-electron chi connectivity index (χ1n) is 8.36. The summed E-state index contributed by atoms with van der Waals surface area (Å²) in [5.41, 5.74) is 0.537. The maximum Gasteiger partial charge on any atom is 0.326 e. The number of amides is 1. The van der Waals surface area contributed by atoms with Crippen LogP contribution in [0.4, 0.5) is 5.69 Å². The zero-order chi connectivity index (χ0) is 19.2. The molecular formula is C19H18N4O4. The molecule has 0 atom stereocenters. The lowest BCUT2D eigenvalue weighted by molar-refractivity contribution is -0.143. The highest BCUT2D eigenvalue weighted by Crippen LogP contribution is 2.08. The van der Waals surface area contributed by atoms with E-state index in [9.17, 15) is 14.4 Å². The van der Waals surface area contributed by atoms with Crippen molar-refractivity contribution < 1.29 is 14.3 Å². The van der Waals surface area contributed by atoms with Crippen molar-refractivity contribution in [3.05, 3.63) is 77.0 Å². The molecule has 0 fully saturated rings. The highest BCUT2D eigenvalue weighted by molar-refractivity contribution is 6.02. The third-order valence-corrected chi connectivity index (χ3v) is 3.72. The zero-order valence-electron chi connectivity index (χ0n) is 14.7. The molecule has 3 aromatic rings. The van der Waals surface area contributed by atoms with Gasteiger partial charge in [0.25, 0.3) is 11.5 Å². The lowest BCUT2D eigenvalue weighted by Gasteiger charge is -2.08. The molecule has 0 radical (unpaired) electrons. The quantitative estimate of drug-likeness (QED) is 0.672. The molecule has 2 aromatic heterocycles. The molecule has 2 heterocycles. The van der Waals surface area contributed by atoms with Crippen molar-refractivity contribution in [3.63, 3.8) is 0 Å². The van der Waals surface area contributed by atoms with Crippen molar-refractivity contribution in [1.29, 1.82) is 0 Å². The van der Waals surface area contributed by atoms with Crippen molar-refractivity contribution in [3.8, 4) is 5.69 Å². The van der Waals surface area contributed by atoms with E-state index in [1.54, 1.807) is 29.9 Å². The van der Waals surface area contributed by atoms with Crippen molar-refractivity contribution in [2.75, 3.05) is 11.9 Å². The molecule has 1 aromatic carbocycles. The predicted molar refractivity (Wildman–Crippen MR) is 98.9 cm³/mol. The van der Waals surface area contributed by atoms with Gasteiger partial charge in [0.2, 0.25) is 0 Å². The fraction of sp³-hybridized carbons (Fsp3) is 0.158. The second-order valence-corrected chi connectivity index (χ2v) is 5.60. The Morgan fingerprint density at radius 1 is 1.07 bits per heavy atom. The Morgan fingerprint density at radius 3 is 2.59 bits per heavy atom. The number of pyridine rings is 1. The summed E-state index contributed by atoms with van der Waals surface area (Å²) in [7, 11) is 0. The first-order chi connectivity index (χ1) is 13.1. The SMILES string of the molecule is CCOC(=O)Cn1cccc(NC(=O)c2ccn(-c3ccccc3)n2)c1=O. The molecule has 0 unspecified atom stereocenters. The van der Waals surface area contributed by atoms with Crippen molar-refractivity contribution in [2.24, 2.45) is 0 Å². The molecule has 0 aliphatic heterocycles. The number of rotatable bonds is 6. The molecule has 0 saturated carbocycles. The Hall–Kier alpha value is -3.68. The Bertz CT molecular complexity index is 1010. The van der Waals surface area contributed by atoms with E-state index in [-0.39, 0.29) is 24.5 Å². The Kier molecular flexibility index (Phi) is 5.46. The number of carbonyl (C=O) groups excluding carboxylic acids is 2. The third kappa shape index (κ3) is 4.30. The minimum absolute atomic E-state index is 0.0565. The summed E-state index contributed by atoms with van der Waals surface area (Å²) in [6, 6.07) is 13.9. The van der Waals surface area contributed by atoms with E-state index in [4.69, 9.17) is 4.74 Å². The van der Waals surface area contributed by atoms with E-state index >= 15 is 0 Å². The van der Waals surface area contributed by atoms with Crippen LogP contribution in [-0.4, -0.2) is 32.8 Å². The minimum atomic E-state index is -0.523. The Morgan fingerprint density at radius 2 is 1.85 bits per heavy atom. The van der Waals surface area contributed by atoms with E-state index < -0.39 is 17.4 Å². The van der Waals surface area contributed by atoms with Crippen LogP contribution in [0.25, 0.3) is 5.69 Å². The van der Waals surface area contributed by atoms with Crippen LogP contribution in [0.3, 0.4) is 0 Å². The standard InChI is InChI=1S/C19H18N4O4/c1-2-27-17(24)13-22-11-6-9-16(19(22)26)20-18(25)15-10-12-23(21-15)14-7-4-3-5-8-14/h3-12H,2,13H2,1H3,(H,20,25). The summed E-state index contributed by atoms with van der Waals surface area (Å²) in [5, 5.41) is 6.76. The van der Waals surface area contributed by atoms with Crippen molar-refractivity contribution in [1.82, 2.24) is 14.3 Å². The molecular weight excluding hydrogens is 348 g/mol. The van der Waals surface area contributed by atoms with Crippen LogP contribution in [0.1, 0.15) is 17.4 Å². The predicted octanol–water partition coefficient (Wildman–Crippen LogP) is 1.85. The first-order valence-corrected chi connectivity index (χ1v) is 8.36. The van der Waals surface area contributed by atoms with Gasteiger partial charge < -0.3 is 14.6 Å². The molecule has 0 saturated heterocycles. The molecule has 0 spiro atoms. The van der Waals surface area contributed by atoms with Gasteiger partial charge in [-0.2, -0.15) is 5.10 Å². The van der Waals surface area contributed by atoms with Crippen molar-refractivity contribution in [2.45, 2.75) is 13.5 Å². The molecule has 1 N–H and O–H groups in total. The molecule has 27 heavy (non-hydrogen) atoms. The Balaban J connectivity index is 1.76. The van der Waals surface area contributed by atoms with Gasteiger partial charge in [-0.25, -0.2) is 4.68 Å². The normalized spacial score (nSPS) is 10.4. The third-order valence-electron chi connectivity index (χ3n) is 3.72. The number of anilines is 1. The number of hydrogen-bond donors (Lipinski definition) is 1. The average Bonchev–Trinajstić information content (AvgIpc) is 3.16. The van der Waals surface area contributed by atoms with E-state index in [0.717, 1.165) is 5.69 Å². The minimum Gasteiger partial charge on any atom is -0.465 e. The van der Waals surface area contributed by atoms with Crippen LogP contribution in [0.15, 0.2) is 65.7 Å². The molecule has 138 valence electrons.